The third-order valence-electron chi connectivity index (χ3n) is 2.61. The number of allylic oxidation sites excluding steroid dienone is 2. The summed E-state index contributed by atoms with van der Waals surface area (Å²) in [5, 5.41) is 0.634. The van der Waals surface area contributed by atoms with Gasteiger partial charge in [0.1, 0.15) is 5.70 Å². The van der Waals surface area contributed by atoms with Crippen LogP contribution in [0.3, 0.4) is 0 Å². The summed E-state index contributed by atoms with van der Waals surface area (Å²) in [6, 6.07) is 9.08. The molecule has 0 aliphatic carbocycles. The molecule has 1 aliphatic rings. The van der Waals surface area contributed by atoms with Crippen LogP contribution >= 0.6 is 11.6 Å². The lowest BCUT2D eigenvalue weighted by molar-refractivity contribution is 0.0998. The fraction of sp³-hybridized carbons (Fsp3) is 0.154. The van der Waals surface area contributed by atoms with Gasteiger partial charge in [-0.25, -0.2) is 0 Å². The van der Waals surface area contributed by atoms with Gasteiger partial charge >= 0.3 is 0 Å². The molecule has 17 heavy (non-hydrogen) atoms. The largest absolute Gasteiger partial charge is 0.397 e. The Labute approximate surface area is 105 Å². The van der Waals surface area contributed by atoms with Crippen molar-refractivity contribution in [2.75, 3.05) is 13.6 Å². The van der Waals surface area contributed by atoms with Crippen LogP contribution in [-0.4, -0.2) is 24.3 Å². The molecule has 0 fully saturated rings. The summed E-state index contributed by atoms with van der Waals surface area (Å²) in [6.07, 6.45) is 1.64. The van der Waals surface area contributed by atoms with Crippen molar-refractivity contribution in [2.24, 2.45) is 5.73 Å². The maximum atomic E-state index is 12.3. The number of nitrogens with two attached hydrogens (primary N) is 1. The topological polar surface area (TPSA) is 46.3 Å². The van der Waals surface area contributed by atoms with Crippen LogP contribution in [0.5, 0.6) is 0 Å². The molecular weight excluding hydrogens is 236 g/mol. The highest BCUT2D eigenvalue weighted by Crippen LogP contribution is 2.22. The molecule has 3 nitrogen and oxygen atoms in total. The molecule has 0 saturated carbocycles. The number of carbonyl (C=O) groups is 1. The molecule has 0 atom stereocenters. The Morgan fingerprint density at radius 2 is 2.00 bits per heavy atom. The van der Waals surface area contributed by atoms with Gasteiger partial charge in [0.25, 0.3) is 0 Å². The molecule has 0 saturated heterocycles. The lowest BCUT2D eigenvalue weighted by Crippen LogP contribution is -2.31. The van der Waals surface area contributed by atoms with E-state index in [1.165, 1.54) is 0 Å². The van der Waals surface area contributed by atoms with Crippen molar-refractivity contribution in [3.63, 3.8) is 0 Å². The fourth-order valence-corrected chi connectivity index (χ4v) is 2.14. The van der Waals surface area contributed by atoms with Gasteiger partial charge in [0.2, 0.25) is 5.78 Å². The van der Waals surface area contributed by atoms with Gasteiger partial charge in [-0.2, -0.15) is 0 Å². The van der Waals surface area contributed by atoms with E-state index in [1.54, 1.807) is 30.2 Å². The summed E-state index contributed by atoms with van der Waals surface area (Å²) < 4.78 is 0. The molecule has 0 unspecified atom stereocenters. The first-order valence-electron chi connectivity index (χ1n) is 5.26. The van der Waals surface area contributed by atoms with Gasteiger partial charge < -0.3 is 10.6 Å². The molecule has 1 heterocycles. The van der Waals surface area contributed by atoms with Crippen molar-refractivity contribution < 1.29 is 4.79 Å². The Balaban J connectivity index is 2.41. The van der Waals surface area contributed by atoms with Gasteiger partial charge in [0.05, 0.1) is 12.2 Å². The molecule has 0 bridgehead atoms. The van der Waals surface area contributed by atoms with Crippen LogP contribution in [0.4, 0.5) is 0 Å². The van der Waals surface area contributed by atoms with Crippen molar-refractivity contribution in [1.29, 1.82) is 0 Å². The normalized spacial score (nSPS) is 15.9. The highest BCUT2D eigenvalue weighted by molar-refractivity contribution is 6.30. The molecule has 88 valence electrons. The van der Waals surface area contributed by atoms with Crippen molar-refractivity contribution in [2.45, 2.75) is 0 Å². The average Bonchev–Trinajstić information content (AvgIpc) is 2.28. The smallest absolute Gasteiger partial charge is 0.211 e. The summed E-state index contributed by atoms with van der Waals surface area (Å²) >= 11 is 5.92. The maximum Gasteiger partial charge on any atom is 0.211 e. The summed E-state index contributed by atoms with van der Waals surface area (Å²) in [7, 11) is 1.80. The van der Waals surface area contributed by atoms with Crippen LogP contribution in [0.2, 0.25) is 0 Å². The van der Waals surface area contributed by atoms with Crippen LogP contribution < -0.4 is 5.73 Å². The van der Waals surface area contributed by atoms with Gasteiger partial charge in [0, 0.05) is 17.6 Å². The monoisotopic (exact) mass is 248 g/mol. The third-order valence-corrected chi connectivity index (χ3v) is 2.84. The Kier molecular flexibility index (Phi) is 3.20. The summed E-state index contributed by atoms with van der Waals surface area (Å²) in [4.78, 5) is 14.0. The molecule has 1 aromatic carbocycles. The number of nitrogens with zero attached hydrogens (tertiary/aromatic N) is 1. The van der Waals surface area contributed by atoms with E-state index in [0.717, 1.165) is 0 Å². The summed E-state index contributed by atoms with van der Waals surface area (Å²) in [5.41, 5.74) is 7.40. The quantitative estimate of drug-likeness (QED) is 0.816. The lowest BCUT2D eigenvalue weighted by atomic mass is 10.0. The first-order chi connectivity index (χ1) is 8.09. The first kappa shape index (κ1) is 11.7. The number of carbonyl (C=O) groups excluding carboxylic acids is 1. The highest BCUT2D eigenvalue weighted by Gasteiger charge is 2.22. The minimum Gasteiger partial charge on any atom is -0.397 e. The Morgan fingerprint density at radius 3 is 2.59 bits per heavy atom. The van der Waals surface area contributed by atoms with Gasteiger partial charge in [-0.1, -0.05) is 41.9 Å². The number of halogens is 1. The lowest BCUT2D eigenvalue weighted by Gasteiger charge is -2.26. The Hall–Kier alpha value is -1.74. The SMILES string of the molecule is CN1CC(Cl)=CC(N)=C1C(=O)c1ccccc1. The van der Waals surface area contributed by atoms with Crippen LogP contribution in [-0.2, 0) is 0 Å². The second kappa shape index (κ2) is 4.63. The molecule has 0 amide bonds. The third kappa shape index (κ3) is 2.34. The molecule has 0 aromatic heterocycles. The van der Waals surface area contributed by atoms with Crippen LogP contribution in [0, 0.1) is 0 Å². The van der Waals surface area contributed by atoms with E-state index in [0.29, 0.717) is 28.5 Å². The number of rotatable bonds is 2. The number of hydrogen-bond acceptors (Lipinski definition) is 3. The highest BCUT2D eigenvalue weighted by atomic mass is 35.5. The zero-order chi connectivity index (χ0) is 12.4. The molecule has 0 spiro atoms. The number of hydrogen-bond donors (Lipinski definition) is 1. The van der Waals surface area contributed by atoms with E-state index >= 15 is 0 Å². The van der Waals surface area contributed by atoms with Crippen molar-refractivity contribution >= 4 is 17.4 Å². The summed E-state index contributed by atoms with van der Waals surface area (Å²) in [5.74, 6) is -0.0778. The van der Waals surface area contributed by atoms with Crippen LogP contribution in [0.25, 0.3) is 0 Å². The Bertz CT molecular complexity index is 505. The fourth-order valence-electron chi connectivity index (χ4n) is 1.84. The minimum atomic E-state index is -0.0778. The summed E-state index contributed by atoms with van der Waals surface area (Å²) in [6.45, 7) is 0.510. The van der Waals surface area contributed by atoms with Crippen molar-refractivity contribution in [3.05, 3.63) is 58.4 Å². The predicted molar refractivity (Wildman–Crippen MR) is 68.6 cm³/mol. The van der Waals surface area contributed by atoms with E-state index in [9.17, 15) is 4.79 Å². The molecule has 2 rings (SSSR count). The molecule has 1 aliphatic heterocycles. The van der Waals surface area contributed by atoms with Crippen molar-refractivity contribution in [1.82, 2.24) is 4.90 Å². The van der Waals surface area contributed by atoms with Gasteiger partial charge in [-0.15, -0.1) is 0 Å². The zero-order valence-electron chi connectivity index (χ0n) is 9.48. The average molecular weight is 249 g/mol. The molecule has 1 aromatic rings. The molecular formula is C13H13ClN2O. The van der Waals surface area contributed by atoms with Gasteiger partial charge in [-0.05, 0) is 6.08 Å². The van der Waals surface area contributed by atoms with Gasteiger partial charge in [0.15, 0.2) is 0 Å². The second-order valence-corrected chi connectivity index (χ2v) is 4.43. The predicted octanol–water partition coefficient (Wildman–Crippen LogP) is 2.11. The minimum absolute atomic E-state index is 0.0778. The number of benzene rings is 1. The number of ketones is 1. The Morgan fingerprint density at radius 1 is 1.35 bits per heavy atom. The maximum absolute atomic E-state index is 12.3. The van der Waals surface area contributed by atoms with E-state index in [4.69, 9.17) is 17.3 Å². The van der Waals surface area contributed by atoms with Crippen LogP contribution in [0.15, 0.2) is 52.8 Å². The van der Waals surface area contributed by atoms with E-state index in [-0.39, 0.29) is 5.78 Å². The van der Waals surface area contributed by atoms with E-state index < -0.39 is 0 Å². The van der Waals surface area contributed by atoms with Crippen LogP contribution in [0.1, 0.15) is 10.4 Å². The van der Waals surface area contributed by atoms with Gasteiger partial charge in [-0.3, -0.25) is 4.79 Å². The molecule has 4 heteroatoms. The number of Topliss-reactive ketones (excluding diaryl/α,β-unsaturated/α-hetero) is 1. The second-order valence-electron chi connectivity index (χ2n) is 3.95. The van der Waals surface area contributed by atoms with Crippen molar-refractivity contribution in [3.8, 4) is 0 Å². The zero-order valence-corrected chi connectivity index (χ0v) is 10.2. The van der Waals surface area contributed by atoms with E-state index in [2.05, 4.69) is 0 Å². The van der Waals surface area contributed by atoms with E-state index in [1.807, 2.05) is 18.2 Å². The standard InChI is InChI=1S/C13H13ClN2O/c1-16-8-10(14)7-11(15)12(16)13(17)9-5-3-2-4-6-9/h2-7H,8,15H2,1H3. The number of likely N-dealkylation sites (N-methyl/N-ethyl adjacent to an activating group) is 1. The first-order valence-corrected chi connectivity index (χ1v) is 5.64. The molecule has 0 radical (unpaired) electrons. The molecule has 2 N–H and O–H groups in total.